The molecule has 1 fully saturated rings. The van der Waals surface area contributed by atoms with Crippen LogP contribution in [-0.2, 0) is 0 Å². The molecule has 1 aliphatic heterocycles. The average Bonchev–Trinajstić information content (AvgIpc) is 2.55. The summed E-state index contributed by atoms with van der Waals surface area (Å²) < 4.78 is 0. The van der Waals surface area contributed by atoms with E-state index in [0.29, 0.717) is 0 Å². The summed E-state index contributed by atoms with van der Waals surface area (Å²) in [5.41, 5.74) is 2.10. The van der Waals surface area contributed by atoms with E-state index in [1.807, 2.05) is 36.5 Å². The van der Waals surface area contributed by atoms with Crippen LogP contribution in [0.5, 0.6) is 0 Å². The van der Waals surface area contributed by atoms with Crippen LogP contribution in [0.3, 0.4) is 0 Å². The maximum Gasteiger partial charge on any atom is 0.0830 e. The Bertz CT molecular complexity index is 589. The number of aromatic nitrogens is 1. The van der Waals surface area contributed by atoms with Crippen LogP contribution < -0.4 is 4.90 Å². The Hall–Kier alpha value is -2.07. The molecular weight excluding hydrogens is 284 g/mol. The first-order chi connectivity index (χ1) is 10.3. The minimum Gasteiger partial charge on any atom is -0.368 e. The smallest absolute Gasteiger partial charge is 0.0830 e. The maximum atomic E-state index is 5.92. The lowest BCUT2D eigenvalue weighted by Gasteiger charge is -2.34. The molecule has 1 aliphatic rings. The fourth-order valence-electron chi connectivity index (χ4n) is 2.31. The van der Waals surface area contributed by atoms with Gasteiger partial charge in [0, 0.05) is 30.0 Å². The summed E-state index contributed by atoms with van der Waals surface area (Å²) in [6, 6.07) is 13.8. The first-order valence-corrected chi connectivity index (χ1v) is 7.39. The van der Waals surface area contributed by atoms with Crippen LogP contribution in [0.4, 0.5) is 5.69 Å². The first kappa shape index (κ1) is 13.9. The molecule has 1 aromatic carbocycles. The van der Waals surface area contributed by atoms with Crippen molar-refractivity contribution in [2.45, 2.75) is 0 Å². The second-order valence-electron chi connectivity index (χ2n) is 4.92. The highest BCUT2D eigenvalue weighted by Gasteiger charge is 2.15. The molecule has 2 heterocycles. The van der Waals surface area contributed by atoms with Crippen LogP contribution in [-0.4, -0.2) is 42.4 Å². The quantitative estimate of drug-likeness (QED) is 0.817. The van der Waals surface area contributed by atoms with Crippen LogP contribution >= 0.6 is 11.6 Å². The van der Waals surface area contributed by atoms with E-state index in [-0.39, 0.29) is 0 Å². The van der Waals surface area contributed by atoms with E-state index in [0.717, 1.165) is 36.9 Å². The molecule has 0 saturated carbocycles. The normalized spacial score (nSPS) is 15.7. The Kier molecular flexibility index (Phi) is 4.36. The summed E-state index contributed by atoms with van der Waals surface area (Å²) in [6.45, 7) is 3.74. The van der Waals surface area contributed by atoms with E-state index in [1.54, 1.807) is 6.20 Å². The summed E-state index contributed by atoms with van der Waals surface area (Å²) >= 11 is 5.92. The number of hydrogen-bond donors (Lipinski definition) is 0. The SMILES string of the molecule is Clc1ccc(N2CCN(/N=C\c3ccccn3)CC2)cc1. The molecule has 0 radical (unpaired) electrons. The van der Waals surface area contributed by atoms with Crippen molar-refractivity contribution in [2.24, 2.45) is 5.10 Å². The lowest BCUT2D eigenvalue weighted by Crippen LogP contribution is -2.44. The Morgan fingerprint density at radius 3 is 2.43 bits per heavy atom. The van der Waals surface area contributed by atoms with Gasteiger partial charge < -0.3 is 4.90 Å². The number of hydrazone groups is 1. The van der Waals surface area contributed by atoms with Gasteiger partial charge in [0.1, 0.15) is 0 Å². The highest BCUT2D eigenvalue weighted by Crippen LogP contribution is 2.19. The molecule has 2 aromatic rings. The van der Waals surface area contributed by atoms with Gasteiger partial charge in [0.05, 0.1) is 25.0 Å². The van der Waals surface area contributed by atoms with E-state index < -0.39 is 0 Å². The zero-order valence-corrected chi connectivity index (χ0v) is 12.4. The van der Waals surface area contributed by atoms with Gasteiger partial charge in [-0.05, 0) is 36.4 Å². The van der Waals surface area contributed by atoms with Gasteiger partial charge in [-0.2, -0.15) is 5.10 Å². The third kappa shape index (κ3) is 3.73. The molecule has 1 aromatic heterocycles. The van der Waals surface area contributed by atoms with Crippen molar-refractivity contribution >= 4 is 23.5 Å². The summed E-state index contributed by atoms with van der Waals surface area (Å²) in [5, 5.41) is 7.35. The fraction of sp³-hybridized carbons (Fsp3) is 0.250. The zero-order chi connectivity index (χ0) is 14.5. The van der Waals surface area contributed by atoms with Gasteiger partial charge in [0.2, 0.25) is 0 Å². The van der Waals surface area contributed by atoms with Crippen LogP contribution in [0.2, 0.25) is 5.02 Å². The third-order valence-electron chi connectivity index (χ3n) is 3.49. The molecule has 21 heavy (non-hydrogen) atoms. The van der Waals surface area contributed by atoms with Crippen molar-refractivity contribution in [1.29, 1.82) is 0 Å². The van der Waals surface area contributed by atoms with E-state index >= 15 is 0 Å². The Labute approximate surface area is 129 Å². The highest BCUT2D eigenvalue weighted by atomic mass is 35.5. The standard InChI is InChI=1S/C16H17ClN4/c17-14-4-6-16(7-5-14)20-9-11-21(12-10-20)19-13-15-3-1-2-8-18-15/h1-8,13H,9-12H2/b19-13-. The zero-order valence-electron chi connectivity index (χ0n) is 11.7. The van der Waals surface area contributed by atoms with Gasteiger partial charge in [-0.3, -0.25) is 9.99 Å². The van der Waals surface area contributed by atoms with E-state index in [1.165, 1.54) is 5.69 Å². The van der Waals surface area contributed by atoms with Crippen molar-refractivity contribution in [3.8, 4) is 0 Å². The summed E-state index contributed by atoms with van der Waals surface area (Å²) in [4.78, 5) is 6.59. The molecule has 0 aliphatic carbocycles. The molecule has 0 spiro atoms. The van der Waals surface area contributed by atoms with Gasteiger partial charge in [0.15, 0.2) is 0 Å². The van der Waals surface area contributed by atoms with Gasteiger partial charge in [0.25, 0.3) is 0 Å². The van der Waals surface area contributed by atoms with Crippen molar-refractivity contribution < 1.29 is 0 Å². The number of hydrogen-bond acceptors (Lipinski definition) is 4. The number of nitrogens with zero attached hydrogens (tertiary/aromatic N) is 4. The highest BCUT2D eigenvalue weighted by molar-refractivity contribution is 6.30. The second kappa shape index (κ2) is 6.59. The van der Waals surface area contributed by atoms with Crippen LogP contribution in [0.15, 0.2) is 53.8 Å². The Balaban J connectivity index is 1.55. The monoisotopic (exact) mass is 300 g/mol. The third-order valence-corrected chi connectivity index (χ3v) is 3.74. The number of anilines is 1. The molecule has 4 nitrogen and oxygen atoms in total. The molecule has 108 valence electrons. The largest absolute Gasteiger partial charge is 0.368 e. The van der Waals surface area contributed by atoms with E-state index in [4.69, 9.17) is 11.6 Å². The molecule has 5 heteroatoms. The topological polar surface area (TPSA) is 31.7 Å². The molecule has 3 rings (SSSR count). The van der Waals surface area contributed by atoms with Gasteiger partial charge in [-0.25, -0.2) is 0 Å². The fourth-order valence-corrected chi connectivity index (χ4v) is 2.44. The number of rotatable bonds is 3. The first-order valence-electron chi connectivity index (χ1n) is 7.02. The minimum atomic E-state index is 0.775. The van der Waals surface area contributed by atoms with Crippen molar-refractivity contribution in [3.05, 3.63) is 59.4 Å². The lowest BCUT2D eigenvalue weighted by atomic mass is 10.2. The van der Waals surface area contributed by atoms with Crippen LogP contribution in [0.25, 0.3) is 0 Å². The minimum absolute atomic E-state index is 0.775. The van der Waals surface area contributed by atoms with Crippen LogP contribution in [0.1, 0.15) is 5.69 Å². The van der Waals surface area contributed by atoms with Gasteiger partial charge in [-0.1, -0.05) is 17.7 Å². The lowest BCUT2D eigenvalue weighted by molar-refractivity contribution is 0.272. The van der Waals surface area contributed by atoms with E-state index in [9.17, 15) is 0 Å². The molecular formula is C16H17ClN4. The predicted octanol–water partition coefficient (Wildman–Crippen LogP) is 2.89. The molecule has 0 N–H and O–H groups in total. The summed E-state index contributed by atoms with van der Waals surface area (Å²) in [6.07, 6.45) is 3.60. The Morgan fingerprint density at radius 1 is 1.00 bits per heavy atom. The molecule has 0 atom stereocenters. The van der Waals surface area contributed by atoms with Gasteiger partial charge >= 0.3 is 0 Å². The predicted molar refractivity (Wildman–Crippen MR) is 87.1 cm³/mol. The number of pyridine rings is 1. The molecule has 1 saturated heterocycles. The Morgan fingerprint density at radius 2 is 1.76 bits per heavy atom. The number of benzene rings is 1. The van der Waals surface area contributed by atoms with E-state index in [2.05, 4.69) is 32.1 Å². The van der Waals surface area contributed by atoms with Crippen molar-refractivity contribution in [2.75, 3.05) is 31.1 Å². The maximum absolute atomic E-state index is 5.92. The number of halogens is 1. The van der Waals surface area contributed by atoms with Crippen LogP contribution in [0, 0.1) is 0 Å². The van der Waals surface area contributed by atoms with Crippen molar-refractivity contribution in [3.63, 3.8) is 0 Å². The molecule has 0 unspecified atom stereocenters. The summed E-state index contributed by atoms with van der Waals surface area (Å²) in [5.74, 6) is 0. The molecule has 0 amide bonds. The molecule has 0 bridgehead atoms. The average molecular weight is 301 g/mol. The van der Waals surface area contributed by atoms with Crippen molar-refractivity contribution in [1.82, 2.24) is 9.99 Å². The summed E-state index contributed by atoms with van der Waals surface area (Å²) in [7, 11) is 0. The number of piperazine rings is 1. The second-order valence-corrected chi connectivity index (χ2v) is 5.35. The van der Waals surface area contributed by atoms with Gasteiger partial charge in [-0.15, -0.1) is 0 Å².